The second kappa shape index (κ2) is 8.68. The minimum absolute atomic E-state index is 0.0449. The van der Waals surface area contributed by atoms with Crippen molar-refractivity contribution in [2.75, 3.05) is 27.3 Å². The zero-order valence-electron chi connectivity index (χ0n) is 19.6. The number of rotatable bonds is 4. The van der Waals surface area contributed by atoms with Gasteiger partial charge in [0.15, 0.2) is 11.0 Å². The number of benzene rings is 1. The van der Waals surface area contributed by atoms with Crippen molar-refractivity contribution >= 4 is 39.9 Å². The molecule has 5 rings (SSSR count). The first kappa shape index (κ1) is 22.3. The molecule has 10 heteroatoms. The van der Waals surface area contributed by atoms with Gasteiger partial charge in [-0.1, -0.05) is 0 Å². The Hall–Kier alpha value is -3.53. The van der Waals surface area contributed by atoms with Gasteiger partial charge < -0.3 is 18.9 Å². The molecule has 0 unspecified atom stereocenters. The summed E-state index contributed by atoms with van der Waals surface area (Å²) in [5.41, 5.74) is 3.80. The maximum atomic E-state index is 12.9. The second-order valence-corrected chi connectivity index (χ2v) is 9.23. The van der Waals surface area contributed by atoms with Crippen LogP contribution in [0.3, 0.4) is 0 Å². The van der Waals surface area contributed by atoms with Crippen molar-refractivity contribution in [2.24, 2.45) is 10.1 Å². The van der Waals surface area contributed by atoms with Gasteiger partial charge in [-0.2, -0.15) is 10.0 Å². The van der Waals surface area contributed by atoms with Crippen LogP contribution in [0.5, 0.6) is 11.5 Å². The number of hydrazone groups is 1. The third kappa shape index (κ3) is 3.67. The molecule has 34 heavy (non-hydrogen) atoms. The van der Waals surface area contributed by atoms with Crippen LogP contribution in [0, 0.1) is 19.3 Å². The topological polar surface area (TPSA) is 95.5 Å². The molecule has 176 valence electrons. The van der Waals surface area contributed by atoms with Gasteiger partial charge in [-0.25, -0.2) is 0 Å². The number of nitrogens with zero attached hydrogens (tertiary/aromatic N) is 5. The number of methoxy groups -OCH3 is 2. The Balaban J connectivity index is 1.50. The first-order chi connectivity index (χ1) is 16.4. The van der Waals surface area contributed by atoms with E-state index in [1.54, 1.807) is 20.3 Å². The van der Waals surface area contributed by atoms with Crippen molar-refractivity contribution in [3.8, 4) is 17.2 Å². The molecule has 0 saturated carbocycles. The molecule has 1 saturated heterocycles. The van der Waals surface area contributed by atoms with Gasteiger partial charge in [-0.15, -0.1) is 5.10 Å². The number of fused-ring (bicyclic) bond motifs is 1. The summed E-state index contributed by atoms with van der Waals surface area (Å²) in [6, 6.07) is 7.65. The van der Waals surface area contributed by atoms with Gasteiger partial charge in [0.25, 0.3) is 5.91 Å². The van der Waals surface area contributed by atoms with Crippen molar-refractivity contribution in [1.82, 2.24) is 14.5 Å². The van der Waals surface area contributed by atoms with E-state index in [9.17, 15) is 4.79 Å². The molecule has 9 nitrogen and oxygen atoms in total. The number of amides is 1. The summed E-state index contributed by atoms with van der Waals surface area (Å²) in [5, 5.41) is 16.0. The van der Waals surface area contributed by atoms with E-state index < -0.39 is 5.91 Å². The SMILES string of the molecule is COc1ccc(-n2c(C)cc(/C=C3\C(=N)N4N=C(N5CCCC5)SC4=NC3=O)c2C)c(OC)c1. The summed E-state index contributed by atoms with van der Waals surface area (Å²) in [6.45, 7) is 5.85. The van der Waals surface area contributed by atoms with Crippen molar-refractivity contribution in [2.45, 2.75) is 26.7 Å². The van der Waals surface area contributed by atoms with E-state index in [0.717, 1.165) is 53.7 Å². The van der Waals surface area contributed by atoms with Crippen molar-refractivity contribution in [3.05, 3.63) is 46.8 Å². The molecule has 0 radical (unpaired) electrons. The largest absolute Gasteiger partial charge is 0.497 e. The standard InChI is InChI=1S/C24H26N6O3S/c1-14-11-16(15(2)29(14)19-8-7-17(32-3)13-20(19)33-4)12-18-21(25)30-23(26-22(18)31)34-24(27-30)28-9-5-6-10-28/h7-8,11-13,25H,5-6,9-10H2,1-4H3/b18-12+,25-21?. The molecule has 2 aromatic rings. The van der Waals surface area contributed by atoms with Crippen LogP contribution in [0.2, 0.25) is 0 Å². The molecule has 4 heterocycles. The Bertz CT molecular complexity index is 1290. The number of aliphatic imine (C=N–C) groups is 1. The number of aromatic nitrogens is 1. The third-order valence-corrected chi connectivity index (χ3v) is 7.19. The molecule has 1 N–H and O–H groups in total. The zero-order chi connectivity index (χ0) is 24.0. The Kier molecular flexibility index (Phi) is 5.68. The monoisotopic (exact) mass is 478 g/mol. The fraction of sp³-hybridized carbons (Fsp3) is 0.333. The maximum Gasteiger partial charge on any atom is 0.283 e. The van der Waals surface area contributed by atoms with E-state index in [1.807, 2.05) is 38.1 Å². The minimum Gasteiger partial charge on any atom is -0.497 e. The minimum atomic E-state index is -0.423. The maximum absolute atomic E-state index is 12.9. The molecular weight excluding hydrogens is 452 g/mol. The highest BCUT2D eigenvalue weighted by Gasteiger charge is 2.37. The Morgan fingerprint density at radius 1 is 1.09 bits per heavy atom. The van der Waals surface area contributed by atoms with Crippen LogP contribution in [0.4, 0.5) is 0 Å². The van der Waals surface area contributed by atoms with Gasteiger partial charge in [0.2, 0.25) is 5.17 Å². The van der Waals surface area contributed by atoms with Gasteiger partial charge in [-0.3, -0.25) is 10.2 Å². The lowest BCUT2D eigenvalue weighted by molar-refractivity contribution is -0.114. The van der Waals surface area contributed by atoms with Crippen LogP contribution < -0.4 is 9.47 Å². The molecule has 0 atom stereocenters. The van der Waals surface area contributed by atoms with E-state index in [4.69, 9.17) is 14.9 Å². The smallest absolute Gasteiger partial charge is 0.283 e. The second-order valence-electron chi connectivity index (χ2n) is 8.30. The van der Waals surface area contributed by atoms with E-state index in [2.05, 4.69) is 19.6 Å². The number of hydrogen-bond acceptors (Lipinski definition) is 7. The first-order valence-corrected chi connectivity index (χ1v) is 11.9. The predicted molar refractivity (Wildman–Crippen MR) is 134 cm³/mol. The fourth-order valence-electron chi connectivity index (χ4n) is 4.45. The molecule has 1 fully saturated rings. The zero-order valence-corrected chi connectivity index (χ0v) is 20.4. The van der Waals surface area contributed by atoms with Gasteiger partial charge in [0.05, 0.1) is 25.5 Å². The van der Waals surface area contributed by atoms with Gasteiger partial charge in [0, 0.05) is 30.5 Å². The summed E-state index contributed by atoms with van der Waals surface area (Å²) in [6.07, 6.45) is 3.98. The number of likely N-dealkylation sites (tertiary alicyclic amines) is 1. The van der Waals surface area contributed by atoms with E-state index >= 15 is 0 Å². The van der Waals surface area contributed by atoms with Crippen molar-refractivity contribution < 1.29 is 14.3 Å². The molecule has 3 aliphatic rings. The quantitative estimate of drug-likeness (QED) is 0.672. The van der Waals surface area contributed by atoms with Gasteiger partial charge in [0.1, 0.15) is 11.5 Å². The lowest BCUT2D eigenvalue weighted by Gasteiger charge is -2.20. The Morgan fingerprint density at radius 2 is 1.85 bits per heavy atom. The number of ether oxygens (including phenoxy) is 2. The molecule has 0 spiro atoms. The highest BCUT2D eigenvalue weighted by atomic mass is 32.2. The lowest BCUT2D eigenvalue weighted by Crippen LogP contribution is -2.35. The number of amidine groups is 3. The Morgan fingerprint density at radius 3 is 2.56 bits per heavy atom. The summed E-state index contributed by atoms with van der Waals surface area (Å²) in [7, 11) is 3.24. The van der Waals surface area contributed by atoms with E-state index in [1.165, 1.54) is 16.8 Å². The van der Waals surface area contributed by atoms with Gasteiger partial charge >= 0.3 is 0 Å². The molecule has 3 aliphatic heterocycles. The normalized spacial score (nSPS) is 19.0. The molecule has 0 aliphatic carbocycles. The average Bonchev–Trinajstić information content (AvgIpc) is 3.56. The molecule has 1 amide bonds. The number of carbonyl (C=O) groups is 1. The van der Waals surface area contributed by atoms with Gasteiger partial charge in [-0.05, 0) is 68.3 Å². The number of thioether (sulfide) groups is 1. The Labute approximate surface area is 202 Å². The lowest BCUT2D eigenvalue weighted by atomic mass is 10.1. The molecular formula is C24H26N6O3S. The molecule has 0 bridgehead atoms. The highest BCUT2D eigenvalue weighted by Crippen LogP contribution is 2.34. The van der Waals surface area contributed by atoms with Crippen LogP contribution in [-0.4, -0.2) is 63.9 Å². The summed E-state index contributed by atoms with van der Waals surface area (Å²) >= 11 is 1.36. The summed E-state index contributed by atoms with van der Waals surface area (Å²) in [5.74, 6) is 1.00. The first-order valence-electron chi connectivity index (χ1n) is 11.1. The van der Waals surface area contributed by atoms with Crippen molar-refractivity contribution in [3.63, 3.8) is 0 Å². The van der Waals surface area contributed by atoms with E-state index in [0.29, 0.717) is 16.7 Å². The highest BCUT2D eigenvalue weighted by molar-refractivity contribution is 8.26. The van der Waals surface area contributed by atoms with Crippen LogP contribution in [0.15, 0.2) is 39.9 Å². The number of carbonyl (C=O) groups excluding carboxylic acids is 1. The van der Waals surface area contributed by atoms with Crippen molar-refractivity contribution in [1.29, 1.82) is 5.41 Å². The predicted octanol–water partition coefficient (Wildman–Crippen LogP) is 3.78. The molecule has 1 aromatic heterocycles. The third-order valence-electron chi connectivity index (χ3n) is 6.22. The fourth-order valence-corrected chi connectivity index (χ4v) is 5.39. The molecule has 1 aromatic carbocycles. The number of hydrogen-bond donors (Lipinski definition) is 1. The number of nitrogens with one attached hydrogen (secondary N) is 1. The summed E-state index contributed by atoms with van der Waals surface area (Å²) < 4.78 is 13.0. The number of aryl methyl sites for hydroxylation is 1. The van der Waals surface area contributed by atoms with Crippen LogP contribution in [0.25, 0.3) is 11.8 Å². The summed E-state index contributed by atoms with van der Waals surface area (Å²) in [4.78, 5) is 19.3. The average molecular weight is 479 g/mol. The van der Waals surface area contributed by atoms with E-state index in [-0.39, 0.29) is 11.4 Å². The van der Waals surface area contributed by atoms with Crippen LogP contribution in [0.1, 0.15) is 29.8 Å². The van der Waals surface area contributed by atoms with Crippen LogP contribution >= 0.6 is 11.8 Å². The van der Waals surface area contributed by atoms with Crippen LogP contribution in [-0.2, 0) is 4.79 Å².